The number of hydrogen-bond acceptors (Lipinski definition) is 4. The molecule has 104 valence electrons. The zero-order valence-corrected chi connectivity index (χ0v) is 12.4. The fraction of sp³-hybridized carbons (Fsp3) is 0.385. The Hall–Kier alpha value is -1.20. The lowest BCUT2D eigenvalue weighted by Gasteiger charge is -2.08. The molecule has 1 aromatic rings. The van der Waals surface area contributed by atoms with E-state index in [1.807, 2.05) is 6.26 Å². The molecule has 0 aromatic heterocycles. The molecular formula is C13H16ClNO3S. The number of ether oxygens (including phenoxy) is 1. The Morgan fingerprint density at radius 1 is 1.42 bits per heavy atom. The number of anilines is 1. The number of thioether (sulfide) groups is 1. The Morgan fingerprint density at radius 2 is 2.16 bits per heavy atom. The van der Waals surface area contributed by atoms with Crippen molar-refractivity contribution < 1.29 is 14.3 Å². The van der Waals surface area contributed by atoms with Gasteiger partial charge in [0.05, 0.1) is 17.7 Å². The number of rotatable bonds is 6. The molecule has 1 aromatic carbocycles. The number of esters is 1. The number of carbonyl (C=O) groups excluding carboxylic acids is 2. The fourth-order valence-electron chi connectivity index (χ4n) is 1.47. The molecule has 1 amide bonds. The van der Waals surface area contributed by atoms with E-state index >= 15 is 0 Å². The summed E-state index contributed by atoms with van der Waals surface area (Å²) in [5, 5.41) is 3.03. The predicted molar refractivity (Wildman–Crippen MR) is 79.0 cm³/mol. The predicted octanol–water partition coefficient (Wildman–Crippen LogP) is 3.21. The second kappa shape index (κ2) is 8.07. The van der Waals surface area contributed by atoms with Crippen LogP contribution in [0.15, 0.2) is 18.2 Å². The lowest BCUT2D eigenvalue weighted by Crippen LogP contribution is -2.12. The van der Waals surface area contributed by atoms with Crippen LogP contribution in [0.2, 0.25) is 5.02 Å². The minimum atomic E-state index is -0.525. The Kier molecular flexibility index (Phi) is 6.73. The largest absolute Gasteiger partial charge is 0.465 e. The Labute approximate surface area is 121 Å². The maximum absolute atomic E-state index is 11.7. The first-order chi connectivity index (χ1) is 9.08. The molecule has 0 saturated carbocycles. The Morgan fingerprint density at radius 3 is 2.79 bits per heavy atom. The van der Waals surface area contributed by atoms with E-state index in [1.165, 1.54) is 13.2 Å². The van der Waals surface area contributed by atoms with Crippen LogP contribution >= 0.6 is 23.4 Å². The van der Waals surface area contributed by atoms with Crippen LogP contribution in [0, 0.1) is 0 Å². The monoisotopic (exact) mass is 301 g/mol. The maximum atomic E-state index is 11.7. The van der Waals surface area contributed by atoms with Crippen LogP contribution in [0.5, 0.6) is 0 Å². The Bertz CT molecular complexity index is 465. The van der Waals surface area contributed by atoms with E-state index in [2.05, 4.69) is 10.1 Å². The molecule has 0 aliphatic rings. The molecule has 0 unspecified atom stereocenters. The maximum Gasteiger partial charge on any atom is 0.339 e. The van der Waals surface area contributed by atoms with Crippen LogP contribution in [0.3, 0.4) is 0 Å². The van der Waals surface area contributed by atoms with E-state index in [0.29, 0.717) is 17.1 Å². The molecule has 6 heteroatoms. The lowest BCUT2D eigenvalue weighted by molar-refractivity contribution is -0.116. The number of amides is 1. The molecule has 1 N–H and O–H groups in total. The molecule has 1 rings (SSSR count). The first-order valence-corrected chi connectivity index (χ1v) is 7.52. The summed E-state index contributed by atoms with van der Waals surface area (Å²) in [5.41, 5.74) is 0.782. The summed E-state index contributed by atoms with van der Waals surface area (Å²) >= 11 is 7.60. The van der Waals surface area contributed by atoms with Crippen LogP contribution < -0.4 is 5.32 Å². The highest BCUT2D eigenvalue weighted by molar-refractivity contribution is 7.98. The second-order valence-corrected chi connectivity index (χ2v) is 5.22. The zero-order chi connectivity index (χ0) is 14.3. The van der Waals surface area contributed by atoms with Crippen LogP contribution in [0.25, 0.3) is 0 Å². The highest BCUT2D eigenvalue weighted by atomic mass is 35.5. The molecule has 0 bridgehead atoms. The van der Waals surface area contributed by atoms with Crippen molar-refractivity contribution in [3.05, 3.63) is 28.8 Å². The molecule has 0 radical (unpaired) electrons. The molecule has 0 saturated heterocycles. The summed E-state index contributed by atoms with van der Waals surface area (Å²) in [7, 11) is 1.28. The minimum Gasteiger partial charge on any atom is -0.465 e. The molecule has 4 nitrogen and oxygen atoms in total. The molecule has 0 fully saturated rings. The van der Waals surface area contributed by atoms with E-state index < -0.39 is 5.97 Å². The van der Waals surface area contributed by atoms with E-state index in [9.17, 15) is 9.59 Å². The summed E-state index contributed by atoms with van der Waals surface area (Å²) in [6, 6.07) is 4.73. The van der Waals surface area contributed by atoms with Crippen molar-refractivity contribution >= 4 is 40.9 Å². The molecule has 0 aliphatic heterocycles. The van der Waals surface area contributed by atoms with Gasteiger partial charge in [-0.2, -0.15) is 11.8 Å². The molecule has 0 spiro atoms. The second-order valence-electron chi connectivity index (χ2n) is 3.83. The first kappa shape index (κ1) is 15.9. The number of benzene rings is 1. The smallest absolute Gasteiger partial charge is 0.339 e. The summed E-state index contributed by atoms with van der Waals surface area (Å²) in [5.74, 6) is 0.345. The van der Waals surface area contributed by atoms with Crippen molar-refractivity contribution in [2.45, 2.75) is 12.8 Å². The number of nitrogens with one attached hydrogen (secondary N) is 1. The van der Waals surface area contributed by atoms with Crippen LogP contribution in [0.4, 0.5) is 5.69 Å². The fourth-order valence-corrected chi connectivity index (χ4v) is 2.10. The molecule has 19 heavy (non-hydrogen) atoms. The van der Waals surface area contributed by atoms with Gasteiger partial charge in [0.25, 0.3) is 0 Å². The van der Waals surface area contributed by atoms with Crippen LogP contribution in [-0.4, -0.2) is 31.0 Å². The molecule has 0 aliphatic carbocycles. The number of hydrogen-bond donors (Lipinski definition) is 1. The van der Waals surface area contributed by atoms with Gasteiger partial charge in [0.15, 0.2) is 0 Å². The normalized spacial score (nSPS) is 10.1. The van der Waals surface area contributed by atoms with Gasteiger partial charge in [-0.3, -0.25) is 4.79 Å². The van der Waals surface area contributed by atoms with Gasteiger partial charge < -0.3 is 10.1 Å². The van der Waals surface area contributed by atoms with Crippen molar-refractivity contribution in [3.63, 3.8) is 0 Å². The third kappa shape index (κ3) is 5.12. The van der Waals surface area contributed by atoms with E-state index in [-0.39, 0.29) is 11.5 Å². The van der Waals surface area contributed by atoms with Gasteiger partial charge in [-0.15, -0.1) is 0 Å². The standard InChI is InChI=1S/C13H16ClNO3S/c1-18-13(17)10-8-9(5-6-11(10)14)15-12(16)4-3-7-19-2/h5-6,8H,3-4,7H2,1-2H3,(H,15,16). The highest BCUT2D eigenvalue weighted by Gasteiger charge is 2.12. The van der Waals surface area contributed by atoms with E-state index in [4.69, 9.17) is 11.6 Å². The van der Waals surface area contributed by atoms with Crippen LogP contribution in [0.1, 0.15) is 23.2 Å². The summed E-state index contributed by atoms with van der Waals surface area (Å²) in [6.45, 7) is 0. The van der Waals surface area contributed by atoms with Crippen molar-refractivity contribution in [3.8, 4) is 0 Å². The lowest BCUT2D eigenvalue weighted by atomic mass is 10.2. The third-order valence-corrected chi connectivity index (χ3v) is 3.43. The van der Waals surface area contributed by atoms with E-state index in [0.717, 1.165) is 12.2 Å². The van der Waals surface area contributed by atoms with Gasteiger partial charge in [0.2, 0.25) is 5.91 Å². The zero-order valence-electron chi connectivity index (χ0n) is 10.9. The average Bonchev–Trinajstić information content (AvgIpc) is 2.40. The highest BCUT2D eigenvalue weighted by Crippen LogP contribution is 2.21. The molecule has 0 heterocycles. The topological polar surface area (TPSA) is 55.4 Å². The van der Waals surface area contributed by atoms with Crippen molar-refractivity contribution in [1.29, 1.82) is 0 Å². The molecular weight excluding hydrogens is 286 g/mol. The molecule has 0 atom stereocenters. The Balaban J connectivity index is 2.69. The summed E-state index contributed by atoms with van der Waals surface area (Å²) < 4.78 is 4.62. The average molecular weight is 302 g/mol. The first-order valence-electron chi connectivity index (χ1n) is 5.75. The van der Waals surface area contributed by atoms with Gasteiger partial charge in [-0.1, -0.05) is 11.6 Å². The van der Waals surface area contributed by atoms with Crippen molar-refractivity contribution in [1.82, 2.24) is 0 Å². The number of carbonyl (C=O) groups is 2. The van der Waals surface area contributed by atoms with Gasteiger partial charge in [0, 0.05) is 12.1 Å². The number of methoxy groups -OCH3 is 1. The third-order valence-electron chi connectivity index (χ3n) is 2.41. The van der Waals surface area contributed by atoms with Crippen LogP contribution in [-0.2, 0) is 9.53 Å². The summed E-state index contributed by atoms with van der Waals surface area (Å²) in [4.78, 5) is 23.1. The van der Waals surface area contributed by atoms with E-state index in [1.54, 1.807) is 23.9 Å². The van der Waals surface area contributed by atoms with Gasteiger partial charge in [0.1, 0.15) is 0 Å². The van der Waals surface area contributed by atoms with Gasteiger partial charge >= 0.3 is 5.97 Å². The minimum absolute atomic E-state index is 0.0767. The quantitative estimate of drug-likeness (QED) is 0.647. The summed E-state index contributed by atoms with van der Waals surface area (Å²) in [6.07, 6.45) is 3.28. The van der Waals surface area contributed by atoms with Crippen molar-refractivity contribution in [2.75, 3.05) is 24.4 Å². The van der Waals surface area contributed by atoms with Gasteiger partial charge in [-0.05, 0) is 36.6 Å². The SMILES string of the molecule is COC(=O)c1cc(NC(=O)CCCSC)ccc1Cl. The number of halogens is 1. The van der Waals surface area contributed by atoms with Crippen molar-refractivity contribution in [2.24, 2.45) is 0 Å². The van der Waals surface area contributed by atoms with Gasteiger partial charge in [-0.25, -0.2) is 4.79 Å².